The number of hydrogen-bond acceptors (Lipinski definition) is 4. The highest BCUT2D eigenvalue weighted by molar-refractivity contribution is 6.30. The molecule has 2 heterocycles. The molecule has 1 aromatic carbocycles. The van der Waals surface area contributed by atoms with Crippen LogP contribution in [0.3, 0.4) is 0 Å². The minimum atomic E-state index is -1.05. The number of carbonyl (C=O) groups is 1. The second kappa shape index (κ2) is 5.91. The Morgan fingerprint density at radius 3 is 2.77 bits per heavy atom. The molecule has 3 rings (SSSR count). The Morgan fingerprint density at radius 1 is 1.14 bits per heavy atom. The summed E-state index contributed by atoms with van der Waals surface area (Å²) in [4.78, 5) is 23.8. The number of halogens is 1. The van der Waals surface area contributed by atoms with Crippen molar-refractivity contribution < 1.29 is 9.90 Å². The lowest BCUT2D eigenvalue weighted by Gasteiger charge is -2.07. The van der Waals surface area contributed by atoms with E-state index in [1.165, 1.54) is 12.4 Å². The van der Waals surface area contributed by atoms with Crippen LogP contribution in [0, 0.1) is 0 Å². The van der Waals surface area contributed by atoms with E-state index in [1.54, 1.807) is 30.5 Å². The molecule has 0 unspecified atom stereocenters. The van der Waals surface area contributed by atoms with Crippen molar-refractivity contribution in [3.05, 3.63) is 65.6 Å². The summed E-state index contributed by atoms with van der Waals surface area (Å²) in [5, 5.41) is 9.83. The third kappa shape index (κ3) is 2.80. The van der Waals surface area contributed by atoms with Gasteiger partial charge >= 0.3 is 5.97 Å². The number of benzene rings is 1. The van der Waals surface area contributed by atoms with Crippen molar-refractivity contribution in [2.45, 2.75) is 0 Å². The van der Waals surface area contributed by atoms with Crippen LogP contribution in [0.1, 0.15) is 10.4 Å². The second-order valence-electron chi connectivity index (χ2n) is 4.50. The molecular weight excluding hydrogens is 302 g/mol. The largest absolute Gasteiger partial charge is 0.478 e. The summed E-state index contributed by atoms with van der Waals surface area (Å²) in [5.41, 5.74) is 1.87. The van der Waals surface area contributed by atoms with E-state index >= 15 is 0 Å². The quantitative estimate of drug-likeness (QED) is 0.800. The van der Waals surface area contributed by atoms with Crippen LogP contribution < -0.4 is 0 Å². The van der Waals surface area contributed by atoms with Crippen molar-refractivity contribution in [3.63, 3.8) is 0 Å². The number of nitrogens with zero attached hydrogens (tertiary/aromatic N) is 3. The van der Waals surface area contributed by atoms with E-state index in [0.717, 1.165) is 5.56 Å². The molecule has 0 bridgehead atoms. The fourth-order valence-electron chi connectivity index (χ4n) is 2.06. The van der Waals surface area contributed by atoms with Gasteiger partial charge in [0.2, 0.25) is 0 Å². The Kier molecular flexibility index (Phi) is 3.80. The first kappa shape index (κ1) is 14.2. The molecule has 6 heteroatoms. The lowest BCUT2D eigenvalue weighted by molar-refractivity contribution is 0.0697. The summed E-state index contributed by atoms with van der Waals surface area (Å²) in [5.74, 6) is -0.570. The monoisotopic (exact) mass is 311 g/mol. The van der Waals surface area contributed by atoms with Crippen molar-refractivity contribution in [1.29, 1.82) is 0 Å². The highest BCUT2D eigenvalue weighted by Gasteiger charge is 2.13. The maximum absolute atomic E-state index is 11.3. The number of aromatic nitrogens is 3. The topological polar surface area (TPSA) is 76.0 Å². The molecule has 0 spiro atoms. The Hall–Kier alpha value is -2.79. The zero-order chi connectivity index (χ0) is 15.5. The molecule has 0 aliphatic heterocycles. The highest BCUT2D eigenvalue weighted by Crippen LogP contribution is 2.24. The standard InChI is InChI=1S/C16H10ClN3O2/c17-11-3-1-2-10(8-11)15-19-7-5-14(20-15)12-4-6-18-9-13(12)16(21)22/h1-9H,(H,21,22). The number of aromatic carboxylic acids is 1. The molecule has 0 aliphatic carbocycles. The van der Waals surface area contributed by atoms with Crippen molar-refractivity contribution in [2.24, 2.45) is 0 Å². The van der Waals surface area contributed by atoms with Crippen molar-refractivity contribution in [2.75, 3.05) is 0 Å². The van der Waals surface area contributed by atoms with E-state index < -0.39 is 5.97 Å². The first-order chi connectivity index (χ1) is 10.6. The molecule has 3 aromatic rings. The third-order valence-corrected chi connectivity index (χ3v) is 3.30. The zero-order valence-corrected chi connectivity index (χ0v) is 12.0. The maximum atomic E-state index is 11.3. The number of hydrogen-bond donors (Lipinski definition) is 1. The van der Waals surface area contributed by atoms with Crippen LogP contribution in [0.5, 0.6) is 0 Å². The van der Waals surface area contributed by atoms with E-state index in [0.29, 0.717) is 22.1 Å². The van der Waals surface area contributed by atoms with E-state index in [2.05, 4.69) is 15.0 Å². The minimum Gasteiger partial charge on any atom is -0.478 e. The Morgan fingerprint density at radius 2 is 2.00 bits per heavy atom. The number of pyridine rings is 1. The predicted molar refractivity (Wildman–Crippen MR) is 82.7 cm³/mol. The molecule has 0 saturated carbocycles. The molecule has 2 aromatic heterocycles. The predicted octanol–water partition coefficient (Wildman–Crippen LogP) is 3.56. The fourth-order valence-corrected chi connectivity index (χ4v) is 2.25. The molecule has 0 fully saturated rings. The molecule has 108 valence electrons. The second-order valence-corrected chi connectivity index (χ2v) is 4.94. The normalized spacial score (nSPS) is 10.4. The summed E-state index contributed by atoms with van der Waals surface area (Å²) >= 11 is 5.98. The van der Waals surface area contributed by atoms with Crippen LogP contribution in [-0.2, 0) is 0 Å². The van der Waals surface area contributed by atoms with E-state index in [9.17, 15) is 9.90 Å². The number of carboxylic acids is 1. The summed E-state index contributed by atoms with van der Waals surface area (Å²) in [6, 6.07) is 10.5. The van der Waals surface area contributed by atoms with Gasteiger partial charge in [0.1, 0.15) is 0 Å². The van der Waals surface area contributed by atoms with Gasteiger partial charge in [-0.1, -0.05) is 23.7 Å². The Balaban J connectivity index is 2.11. The van der Waals surface area contributed by atoms with Crippen molar-refractivity contribution >= 4 is 17.6 Å². The van der Waals surface area contributed by atoms with Gasteiger partial charge in [0.05, 0.1) is 11.3 Å². The first-order valence-electron chi connectivity index (χ1n) is 6.42. The zero-order valence-electron chi connectivity index (χ0n) is 11.3. The van der Waals surface area contributed by atoms with Gasteiger partial charge in [-0.05, 0) is 24.3 Å². The maximum Gasteiger partial charge on any atom is 0.337 e. The van der Waals surface area contributed by atoms with Crippen LogP contribution in [0.25, 0.3) is 22.6 Å². The third-order valence-electron chi connectivity index (χ3n) is 3.07. The summed E-state index contributed by atoms with van der Waals surface area (Å²) in [6.07, 6.45) is 4.42. The lowest BCUT2D eigenvalue weighted by atomic mass is 10.1. The molecule has 22 heavy (non-hydrogen) atoms. The fraction of sp³-hybridized carbons (Fsp3) is 0. The van der Waals surface area contributed by atoms with Gasteiger partial charge in [0.25, 0.3) is 0 Å². The van der Waals surface area contributed by atoms with Crippen molar-refractivity contribution in [3.8, 4) is 22.6 Å². The SMILES string of the molecule is O=C(O)c1cnccc1-c1ccnc(-c2cccc(Cl)c2)n1. The molecule has 1 N–H and O–H groups in total. The molecule has 5 nitrogen and oxygen atoms in total. The minimum absolute atomic E-state index is 0.0956. The average Bonchev–Trinajstić information content (AvgIpc) is 2.55. The van der Waals surface area contributed by atoms with E-state index in [4.69, 9.17) is 11.6 Å². The van der Waals surface area contributed by atoms with Crippen LogP contribution >= 0.6 is 11.6 Å². The van der Waals surface area contributed by atoms with Gasteiger partial charge in [-0.15, -0.1) is 0 Å². The first-order valence-corrected chi connectivity index (χ1v) is 6.79. The highest BCUT2D eigenvalue weighted by atomic mass is 35.5. The number of carboxylic acid groups (broad SMARTS) is 1. The van der Waals surface area contributed by atoms with Crippen LogP contribution in [0.15, 0.2) is 55.0 Å². The average molecular weight is 312 g/mol. The van der Waals surface area contributed by atoms with Gasteiger partial charge in [-0.25, -0.2) is 14.8 Å². The van der Waals surface area contributed by atoms with Crippen LogP contribution in [0.2, 0.25) is 5.02 Å². The number of rotatable bonds is 3. The molecule has 0 amide bonds. The molecule has 0 aliphatic rings. The van der Waals surface area contributed by atoms with Gasteiger partial charge in [0, 0.05) is 34.7 Å². The van der Waals surface area contributed by atoms with E-state index in [-0.39, 0.29) is 5.56 Å². The molecule has 0 saturated heterocycles. The smallest absolute Gasteiger partial charge is 0.337 e. The van der Waals surface area contributed by atoms with Crippen molar-refractivity contribution in [1.82, 2.24) is 15.0 Å². The van der Waals surface area contributed by atoms with Gasteiger partial charge in [0.15, 0.2) is 5.82 Å². The molecule has 0 atom stereocenters. The van der Waals surface area contributed by atoms with Crippen LogP contribution in [0.4, 0.5) is 0 Å². The Labute approximate surface area is 131 Å². The summed E-state index contributed by atoms with van der Waals surface area (Å²) in [6.45, 7) is 0. The summed E-state index contributed by atoms with van der Waals surface area (Å²) < 4.78 is 0. The Bertz CT molecular complexity index is 852. The van der Waals surface area contributed by atoms with Crippen LogP contribution in [-0.4, -0.2) is 26.0 Å². The lowest BCUT2D eigenvalue weighted by Crippen LogP contribution is -2.02. The van der Waals surface area contributed by atoms with Gasteiger partial charge in [-0.3, -0.25) is 4.98 Å². The van der Waals surface area contributed by atoms with Gasteiger partial charge in [-0.2, -0.15) is 0 Å². The van der Waals surface area contributed by atoms with Gasteiger partial charge < -0.3 is 5.11 Å². The molecular formula is C16H10ClN3O2. The van der Waals surface area contributed by atoms with E-state index in [1.807, 2.05) is 12.1 Å². The molecule has 0 radical (unpaired) electrons. The summed E-state index contributed by atoms with van der Waals surface area (Å²) in [7, 11) is 0.